The number of anilines is 1. The molecule has 2 heterocycles. The van der Waals surface area contributed by atoms with E-state index in [1.165, 1.54) is 16.2 Å². The third kappa shape index (κ3) is 4.90. The van der Waals surface area contributed by atoms with Gasteiger partial charge in [0, 0.05) is 17.1 Å². The number of halogens is 1. The van der Waals surface area contributed by atoms with Crippen molar-refractivity contribution in [2.45, 2.75) is 13.5 Å². The number of piperazine rings is 1. The normalized spacial score (nSPS) is 15.2. The highest BCUT2D eigenvalue weighted by molar-refractivity contribution is 7.16. The van der Waals surface area contributed by atoms with Crippen molar-refractivity contribution in [3.05, 3.63) is 45.6 Å². The lowest BCUT2D eigenvalue weighted by Crippen LogP contribution is -3.15. The largest absolute Gasteiger partial charge is 0.508 e. The average molecular weight is 395 g/mol. The van der Waals surface area contributed by atoms with Crippen molar-refractivity contribution in [1.82, 2.24) is 4.90 Å². The van der Waals surface area contributed by atoms with E-state index in [9.17, 15) is 9.90 Å². The second-order valence-electron chi connectivity index (χ2n) is 6.54. The van der Waals surface area contributed by atoms with E-state index in [0.29, 0.717) is 19.6 Å². The number of nitrogens with zero attached hydrogens (tertiary/aromatic N) is 2. The molecular formula is C19H25ClN3O2S+. The van der Waals surface area contributed by atoms with Gasteiger partial charge in [-0.2, -0.15) is 0 Å². The van der Waals surface area contributed by atoms with Gasteiger partial charge in [0.25, 0.3) is 5.91 Å². The van der Waals surface area contributed by atoms with Crippen LogP contribution < -0.4 is 9.80 Å². The fourth-order valence-corrected chi connectivity index (χ4v) is 4.35. The molecule has 0 saturated carbocycles. The van der Waals surface area contributed by atoms with E-state index in [1.54, 1.807) is 12.1 Å². The van der Waals surface area contributed by atoms with Gasteiger partial charge >= 0.3 is 0 Å². The summed E-state index contributed by atoms with van der Waals surface area (Å²) < 4.78 is 0.763. The lowest BCUT2D eigenvalue weighted by molar-refractivity contribution is -0.892. The number of carbonyl (C=O) groups excluding carboxylic acids is 1. The molecule has 1 amide bonds. The van der Waals surface area contributed by atoms with E-state index in [2.05, 4.69) is 4.90 Å². The second kappa shape index (κ2) is 8.75. The minimum atomic E-state index is 0.199. The number of thiophene rings is 1. The van der Waals surface area contributed by atoms with Gasteiger partial charge in [-0.3, -0.25) is 4.79 Å². The first kappa shape index (κ1) is 19.0. The Labute approximate surface area is 163 Å². The van der Waals surface area contributed by atoms with Crippen molar-refractivity contribution in [3.8, 4) is 5.75 Å². The Balaban J connectivity index is 1.49. The predicted molar refractivity (Wildman–Crippen MR) is 106 cm³/mol. The molecular weight excluding hydrogens is 370 g/mol. The molecule has 1 fully saturated rings. The monoisotopic (exact) mass is 394 g/mol. The Hall–Kier alpha value is -1.76. The second-order valence-corrected chi connectivity index (χ2v) is 8.34. The maximum absolute atomic E-state index is 12.7. The molecule has 1 aliphatic heterocycles. The number of nitrogens with one attached hydrogen (secondary N) is 1. The topological polar surface area (TPSA) is 48.2 Å². The zero-order valence-electron chi connectivity index (χ0n) is 14.9. The summed E-state index contributed by atoms with van der Waals surface area (Å²) in [6.45, 7) is 7.62. The van der Waals surface area contributed by atoms with Crippen LogP contribution in [-0.2, 0) is 11.3 Å². The van der Waals surface area contributed by atoms with Crippen LogP contribution in [0.1, 0.15) is 11.8 Å². The molecule has 0 unspecified atom stereocenters. The zero-order valence-corrected chi connectivity index (χ0v) is 16.5. The number of phenolic OH excluding ortho intramolecular Hbond substituents is 1. The number of quaternary nitrogens is 1. The quantitative estimate of drug-likeness (QED) is 0.786. The van der Waals surface area contributed by atoms with Crippen molar-refractivity contribution in [2.24, 2.45) is 0 Å². The van der Waals surface area contributed by atoms with Crippen molar-refractivity contribution in [3.63, 3.8) is 0 Å². The number of hydrogen-bond acceptors (Lipinski definition) is 4. The molecule has 26 heavy (non-hydrogen) atoms. The Kier molecular flexibility index (Phi) is 6.40. The molecule has 3 rings (SSSR count). The van der Waals surface area contributed by atoms with Crippen LogP contribution in [0.2, 0.25) is 4.34 Å². The van der Waals surface area contributed by atoms with Crippen LogP contribution >= 0.6 is 22.9 Å². The minimum Gasteiger partial charge on any atom is -0.508 e. The van der Waals surface area contributed by atoms with Crippen molar-refractivity contribution in [1.29, 1.82) is 0 Å². The van der Waals surface area contributed by atoms with E-state index >= 15 is 0 Å². The van der Waals surface area contributed by atoms with E-state index in [-0.39, 0.29) is 11.7 Å². The average Bonchev–Trinajstić information content (AvgIpc) is 3.06. The summed E-state index contributed by atoms with van der Waals surface area (Å²) in [6.07, 6.45) is 0. The standard InChI is InChI=1S/C19H24ClN3O2S/c1-2-22(13-17-7-8-18(20)26-17)19(25)14-21-9-11-23(12-10-21)15-3-5-16(24)6-4-15/h3-8,24H,2,9-14H2,1H3/p+1. The third-order valence-electron chi connectivity index (χ3n) is 4.80. The number of likely N-dealkylation sites (N-methyl/N-ethyl adjacent to an activating group) is 1. The molecule has 7 heteroatoms. The van der Waals surface area contributed by atoms with Crippen LogP contribution in [0.4, 0.5) is 5.69 Å². The van der Waals surface area contributed by atoms with Gasteiger partial charge in [-0.15, -0.1) is 11.3 Å². The van der Waals surface area contributed by atoms with E-state index in [1.807, 2.05) is 36.1 Å². The van der Waals surface area contributed by atoms with E-state index in [4.69, 9.17) is 11.6 Å². The van der Waals surface area contributed by atoms with Crippen LogP contribution in [0, 0.1) is 0 Å². The van der Waals surface area contributed by atoms with Gasteiger partial charge in [0.1, 0.15) is 5.75 Å². The summed E-state index contributed by atoms with van der Waals surface area (Å²) in [7, 11) is 0. The van der Waals surface area contributed by atoms with Crippen LogP contribution in [-0.4, -0.2) is 55.2 Å². The lowest BCUT2D eigenvalue weighted by atomic mass is 10.2. The highest BCUT2D eigenvalue weighted by Crippen LogP contribution is 2.22. The molecule has 0 bridgehead atoms. The van der Waals surface area contributed by atoms with Gasteiger partial charge in [0.05, 0.1) is 37.1 Å². The maximum Gasteiger partial charge on any atom is 0.278 e. The summed E-state index contributed by atoms with van der Waals surface area (Å²) >= 11 is 7.52. The number of hydrogen-bond donors (Lipinski definition) is 2. The number of amides is 1. The highest BCUT2D eigenvalue weighted by atomic mass is 35.5. The first-order valence-electron chi connectivity index (χ1n) is 8.94. The Morgan fingerprint density at radius 3 is 2.50 bits per heavy atom. The minimum absolute atomic E-state index is 0.199. The summed E-state index contributed by atoms with van der Waals surface area (Å²) in [5.41, 5.74) is 1.12. The smallest absolute Gasteiger partial charge is 0.278 e. The molecule has 2 aromatic rings. The number of rotatable bonds is 6. The first-order valence-corrected chi connectivity index (χ1v) is 10.1. The molecule has 1 aromatic carbocycles. The van der Waals surface area contributed by atoms with E-state index in [0.717, 1.165) is 41.1 Å². The molecule has 1 saturated heterocycles. The molecule has 5 nitrogen and oxygen atoms in total. The molecule has 0 spiro atoms. The van der Waals surface area contributed by atoms with Gasteiger partial charge in [-0.1, -0.05) is 11.6 Å². The van der Waals surface area contributed by atoms with Crippen molar-refractivity contribution >= 4 is 34.5 Å². The van der Waals surface area contributed by atoms with Crippen LogP contribution in [0.3, 0.4) is 0 Å². The Morgan fingerprint density at radius 2 is 1.92 bits per heavy atom. The lowest BCUT2D eigenvalue weighted by Gasteiger charge is -2.34. The van der Waals surface area contributed by atoms with Gasteiger partial charge in [-0.05, 0) is 43.3 Å². The number of aromatic hydroxyl groups is 1. The molecule has 0 aliphatic carbocycles. The SMILES string of the molecule is CCN(Cc1ccc(Cl)s1)C(=O)C[NH+]1CCN(c2ccc(O)cc2)CC1. The zero-order chi connectivity index (χ0) is 18.5. The summed E-state index contributed by atoms with van der Waals surface area (Å²) in [4.78, 5) is 19.3. The fourth-order valence-electron chi connectivity index (χ4n) is 3.25. The molecule has 1 aliphatic rings. The molecule has 0 radical (unpaired) electrons. The number of phenols is 1. The third-order valence-corrected chi connectivity index (χ3v) is 6.01. The van der Waals surface area contributed by atoms with Gasteiger partial charge in [0.2, 0.25) is 0 Å². The summed E-state index contributed by atoms with van der Waals surface area (Å²) in [5.74, 6) is 0.486. The number of carbonyl (C=O) groups is 1. The van der Waals surface area contributed by atoms with Crippen molar-refractivity contribution < 1.29 is 14.8 Å². The fraction of sp³-hybridized carbons (Fsp3) is 0.421. The summed E-state index contributed by atoms with van der Waals surface area (Å²) in [6, 6.07) is 11.2. The van der Waals surface area contributed by atoms with Crippen LogP contribution in [0.25, 0.3) is 0 Å². The van der Waals surface area contributed by atoms with E-state index < -0.39 is 0 Å². The van der Waals surface area contributed by atoms with Gasteiger partial charge in [-0.25, -0.2) is 0 Å². The molecule has 0 atom stereocenters. The van der Waals surface area contributed by atoms with Crippen molar-refractivity contribution in [2.75, 3.05) is 44.2 Å². The molecule has 140 valence electrons. The van der Waals surface area contributed by atoms with Crippen LogP contribution in [0.5, 0.6) is 5.75 Å². The Bertz CT molecular complexity index is 727. The maximum atomic E-state index is 12.7. The number of benzene rings is 1. The van der Waals surface area contributed by atoms with Crippen LogP contribution in [0.15, 0.2) is 36.4 Å². The molecule has 1 aromatic heterocycles. The Morgan fingerprint density at radius 1 is 1.23 bits per heavy atom. The van der Waals surface area contributed by atoms with Gasteiger partial charge in [0.15, 0.2) is 6.54 Å². The molecule has 2 N–H and O–H groups in total. The first-order chi connectivity index (χ1) is 12.5. The summed E-state index contributed by atoms with van der Waals surface area (Å²) in [5, 5.41) is 9.41. The highest BCUT2D eigenvalue weighted by Gasteiger charge is 2.24. The van der Waals surface area contributed by atoms with Gasteiger partial charge < -0.3 is 19.8 Å². The predicted octanol–water partition coefficient (Wildman–Crippen LogP) is 1.86.